The van der Waals surface area contributed by atoms with Gasteiger partial charge in [0.05, 0.1) is 7.11 Å². The largest absolute Gasteiger partial charge is 0.497 e. The maximum atomic E-state index is 12.4. The van der Waals surface area contributed by atoms with Crippen LogP contribution in [-0.2, 0) is 4.79 Å². The molecule has 0 radical (unpaired) electrons. The van der Waals surface area contributed by atoms with Crippen LogP contribution in [0, 0.1) is 5.92 Å². The molecule has 2 aliphatic rings. The molecule has 1 fully saturated rings. The quantitative estimate of drug-likeness (QED) is 0.844. The zero-order valence-electron chi connectivity index (χ0n) is 13.8. The number of ketones is 1. The molecule has 1 aromatic carbocycles. The summed E-state index contributed by atoms with van der Waals surface area (Å²) >= 11 is 0. The van der Waals surface area contributed by atoms with Crippen LogP contribution < -0.4 is 4.74 Å². The lowest BCUT2D eigenvalue weighted by atomic mass is 9.79. The van der Waals surface area contributed by atoms with Crippen molar-refractivity contribution in [1.29, 1.82) is 0 Å². The van der Waals surface area contributed by atoms with E-state index in [1.807, 2.05) is 18.2 Å². The molecule has 0 spiro atoms. The number of rotatable bonds is 4. The van der Waals surface area contributed by atoms with Gasteiger partial charge in [-0.15, -0.1) is 0 Å². The van der Waals surface area contributed by atoms with Crippen molar-refractivity contribution in [1.82, 2.24) is 4.90 Å². The Morgan fingerprint density at radius 1 is 1.27 bits per heavy atom. The van der Waals surface area contributed by atoms with Gasteiger partial charge in [-0.1, -0.05) is 13.8 Å². The molecule has 22 heavy (non-hydrogen) atoms. The molecule has 1 saturated heterocycles. The number of benzene rings is 1. The summed E-state index contributed by atoms with van der Waals surface area (Å²) in [7, 11) is 1.67. The highest BCUT2D eigenvalue weighted by Gasteiger charge is 2.46. The van der Waals surface area contributed by atoms with Crippen LogP contribution >= 0.6 is 0 Å². The average molecular weight is 299 g/mol. The molecule has 2 heterocycles. The van der Waals surface area contributed by atoms with E-state index in [1.54, 1.807) is 7.11 Å². The molecule has 1 aromatic rings. The molecule has 3 nitrogen and oxygen atoms in total. The highest BCUT2D eigenvalue weighted by molar-refractivity contribution is 5.99. The van der Waals surface area contributed by atoms with E-state index >= 15 is 0 Å². The number of nitrogens with zero attached hydrogens (tertiary/aromatic N) is 1. The van der Waals surface area contributed by atoms with E-state index in [0.717, 1.165) is 36.4 Å². The number of hydrogen-bond acceptors (Lipinski definition) is 3. The van der Waals surface area contributed by atoms with Gasteiger partial charge >= 0.3 is 0 Å². The van der Waals surface area contributed by atoms with Crippen LogP contribution in [-0.4, -0.2) is 29.9 Å². The maximum absolute atomic E-state index is 12.4. The SMILES string of the molecule is COc1ccc(C2=CC(=O)C[C@@]3(CC(C)C)CCCN23)cc1. The molecular formula is C19H25NO2. The lowest BCUT2D eigenvalue weighted by Gasteiger charge is -2.45. The van der Waals surface area contributed by atoms with Crippen LogP contribution in [0.25, 0.3) is 5.70 Å². The van der Waals surface area contributed by atoms with Crippen molar-refractivity contribution in [2.24, 2.45) is 5.92 Å². The molecule has 0 saturated carbocycles. The van der Waals surface area contributed by atoms with Gasteiger partial charge in [0, 0.05) is 30.3 Å². The van der Waals surface area contributed by atoms with Gasteiger partial charge in [-0.05, 0) is 55.0 Å². The van der Waals surface area contributed by atoms with Gasteiger partial charge in [0.1, 0.15) is 5.75 Å². The van der Waals surface area contributed by atoms with E-state index in [9.17, 15) is 4.79 Å². The maximum Gasteiger partial charge on any atom is 0.160 e. The number of methoxy groups -OCH3 is 1. The minimum atomic E-state index is 0.0370. The Balaban J connectivity index is 1.97. The van der Waals surface area contributed by atoms with Crippen LogP contribution in [0.1, 0.15) is 45.1 Å². The number of hydrogen-bond donors (Lipinski definition) is 0. The van der Waals surface area contributed by atoms with Crippen LogP contribution in [0.3, 0.4) is 0 Å². The first-order chi connectivity index (χ1) is 10.5. The van der Waals surface area contributed by atoms with Crippen molar-refractivity contribution in [2.45, 2.75) is 45.1 Å². The normalized spacial score (nSPS) is 24.5. The first-order valence-corrected chi connectivity index (χ1v) is 8.21. The monoisotopic (exact) mass is 299 g/mol. The topological polar surface area (TPSA) is 29.5 Å². The summed E-state index contributed by atoms with van der Waals surface area (Å²) in [6, 6.07) is 8.05. The molecule has 1 atom stereocenters. The first-order valence-electron chi connectivity index (χ1n) is 8.21. The number of carbonyl (C=O) groups is 1. The van der Waals surface area contributed by atoms with E-state index in [-0.39, 0.29) is 11.3 Å². The van der Waals surface area contributed by atoms with E-state index in [2.05, 4.69) is 30.9 Å². The molecular weight excluding hydrogens is 274 g/mol. The Hall–Kier alpha value is -1.77. The summed E-state index contributed by atoms with van der Waals surface area (Å²) in [5.41, 5.74) is 2.25. The van der Waals surface area contributed by atoms with E-state index in [4.69, 9.17) is 4.74 Å². The molecule has 2 aliphatic heterocycles. The molecule has 0 unspecified atom stereocenters. The number of ether oxygens (including phenoxy) is 1. The molecule has 0 aliphatic carbocycles. The summed E-state index contributed by atoms with van der Waals surface area (Å²) in [6.45, 7) is 5.56. The van der Waals surface area contributed by atoms with Gasteiger partial charge in [0.2, 0.25) is 0 Å². The Kier molecular flexibility index (Phi) is 3.98. The zero-order chi connectivity index (χ0) is 15.7. The highest BCUT2D eigenvalue weighted by Crippen LogP contribution is 2.45. The summed E-state index contributed by atoms with van der Waals surface area (Å²) < 4.78 is 5.24. The van der Waals surface area contributed by atoms with E-state index in [0.29, 0.717) is 12.3 Å². The van der Waals surface area contributed by atoms with Gasteiger partial charge in [-0.25, -0.2) is 0 Å². The second-order valence-corrected chi connectivity index (χ2v) is 6.98. The second-order valence-electron chi connectivity index (χ2n) is 6.98. The van der Waals surface area contributed by atoms with Crippen molar-refractivity contribution in [3.63, 3.8) is 0 Å². The van der Waals surface area contributed by atoms with Crippen molar-refractivity contribution < 1.29 is 9.53 Å². The van der Waals surface area contributed by atoms with Crippen molar-refractivity contribution in [3.05, 3.63) is 35.9 Å². The number of allylic oxidation sites excluding steroid dienone is 1. The van der Waals surface area contributed by atoms with Crippen molar-refractivity contribution >= 4 is 11.5 Å². The van der Waals surface area contributed by atoms with Gasteiger partial charge < -0.3 is 9.64 Å². The third-order valence-corrected chi connectivity index (χ3v) is 4.86. The van der Waals surface area contributed by atoms with Gasteiger partial charge in [-0.3, -0.25) is 4.79 Å². The fourth-order valence-electron chi connectivity index (χ4n) is 4.15. The second kappa shape index (κ2) is 5.79. The van der Waals surface area contributed by atoms with Crippen molar-refractivity contribution in [2.75, 3.05) is 13.7 Å². The van der Waals surface area contributed by atoms with Gasteiger partial charge in [0.15, 0.2) is 5.78 Å². The summed E-state index contributed by atoms with van der Waals surface area (Å²) in [5, 5.41) is 0. The fraction of sp³-hybridized carbons (Fsp3) is 0.526. The van der Waals surface area contributed by atoms with Crippen LogP contribution in [0.15, 0.2) is 30.3 Å². The number of fused-ring (bicyclic) bond motifs is 1. The smallest absolute Gasteiger partial charge is 0.160 e. The van der Waals surface area contributed by atoms with Gasteiger partial charge in [-0.2, -0.15) is 0 Å². The Bertz CT molecular complexity index is 588. The summed E-state index contributed by atoms with van der Waals surface area (Å²) in [6.07, 6.45) is 5.90. The lowest BCUT2D eigenvalue weighted by Crippen LogP contribution is -2.47. The average Bonchev–Trinajstić information content (AvgIpc) is 2.88. The fourth-order valence-corrected chi connectivity index (χ4v) is 4.15. The molecule has 3 heteroatoms. The van der Waals surface area contributed by atoms with Gasteiger partial charge in [0.25, 0.3) is 0 Å². The third-order valence-electron chi connectivity index (χ3n) is 4.86. The molecule has 0 amide bonds. The third kappa shape index (κ3) is 2.65. The minimum Gasteiger partial charge on any atom is -0.497 e. The van der Waals surface area contributed by atoms with Crippen LogP contribution in [0.4, 0.5) is 0 Å². The molecule has 3 rings (SSSR count). The summed E-state index contributed by atoms with van der Waals surface area (Å²) in [4.78, 5) is 14.9. The predicted octanol–water partition coefficient (Wildman–Crippen LogP) is 3.89. The highest BCUT2D eigenvalue weighted by atomic mass is 16.5. The van der Waals surface area contributed by atoms with E-state index in [1.165, 1.54) is 6.42 Å². The van der Waals surface area contributed by atoms with Crippen LogP contribution in [0.5, 0.6) is 5.75 Å². The molecule has 0 aromatic heterocycles. The number of carbonyl (C=O) groups excluding carboxylic acids is 1. The Morgan fingerprint density at radius 2 is 2.00 bits per heavy atom. The summed E-state index contributed by atoms with van der Waals surface area (Å²) in [5.74, 6) is 1.72. The lowest BCUT2D eigenvalue weighted by molar-refractivity contribution is -0.117. The Labute approximate surface area is 133 Å². The standard InChI is InChI=1S/C19H25NO2/c1-14(2)12-19-9-4-10-20(19)18(11-16(21)13-19)15-5-7-17(22-3)8-6-15/h5-8,11,14H,4,9-10,12-13H2,1-3H3/t19-/m0/s1. The molecule has 0 bridgehead atoms. The zero-order valence-corrected chi connectivity index (χ0v) is 13.8. The van der Waals surface area contributed by atoms with Crippen molar-refractivity contribution in [3.8, 4) is 5.75 Å². The minimum absolute atomic E-state index is 0.0370. The van der Waals surface area contributed by atoms with Crippen LogP contribution in [0.2, 0.25) is 0 Å². The Morgan fingerprint density at radius 3 is 2.64 bits per heavy atom. The molecule has 0 N–H and O–H groups in total. The molecule has 118 valence electrons. The van der Waals surface area contributed by atoms with E-state index < -0.39 is 0 Å². The predicted molar refractivity (Wildman–Crippen MR) is 88.7 cm³/mol. The first kappa shape index (κ1) is 15.1.